The minimum atomic E-state index is -4.49. The number of pyridine rings is 1. The third-order valence-electron chi connectivity index (χ3n) is 1.65. The van der Waals surface area contributed by atoms with Crippen molar-refractivity contribution in [3.8, 4) is 0 Å². The Hall–Kier alpha value is -1.17. The van der Waals surface area contributed by atoms with Crippen molar-refractivity contribution in [3.05, 3.63) is 29.6 Å². The number of halogens is 4. The van der Waals surface area contributed by atoms with E-state index in [4.69, 9.17) is 5.73 Å². The van der Waals surface area contributed by atoms with Gasteiger partial charge in [-0.1, -0.05) is 6.07 Å². The smallest absolute Gasteiger partial charge is 0.327 e. The lowest BCUT2D eigenvalue weighted by Crippen LogP contribution is -2.11. The van der Waals surface area contributed by atoms with E-state index in [1.54, 1.807) is 0 Å². The summed E-state index contributed by atoms with van der Waals surface area (Å²) < 4.78 is 48.9. The molecule has 1 atom stereocenters. The molecule has 0 aliphatic heterocycles. The SMILES string of the molecule is NCC(F)c1ccc(C(F)(F)F)nc1. The molecule has 2 N–H and O–H groups in total. The minimum absolute atomic E-state index is 0.0560. The third-order valence-corrected chi connectivity index (χ3v) is 1.65. The maximum atomic E-state index is 12.8. The van der Waals surface area contributed by atoms with Crippen LogP contribution in [0.15, 0.2) is 18.3 Å². The summed E-state index contributed by atoms with van der Waals surface area (Å²) in [6, 6.07) is 1.77. The number of nitrogens with two attached hydrogens (primary N) is 1. The van der Waals surface area contributed by atoms with Gasteiger partial charge in [0, 0.05) is 18.3 Å². The Kier molecular flexibility index (Phi) is 3.05. The maximum Gasteiger partial charge on any atom is 0.433 e. The van der Waals surface area contributed by atoms with Crippen LogP contribution < -0.4 is 5.73 Å². The van der Waals surface area contributed by atoms with E-state index in [1.165, 1.54) is 0 Å². The van der Waals surface area contributed by atoms with E-state index < -0.39 is 18.0 Å². The Labute approximate surface area is 77.7 Å². The molecule has 0 aliphatic carbocycles. The molecule has 0 saturated carbocycles. The lowest BCUT2D eigenvalue weighted by Gasteiger charge is -2.08. The maximum absolute atomic E-state index is 12.8. The first-order chi connectivity index (χ1) is 6.45. The third kappa shape index (κ3) is 2.41. The summed E-state index contributed by atoms with van der Waals surface area (Å²) in [6.07, 6.45) is -5.11. The van der Waals surface area contributed by atoms with Crippen molar-refractivity contribution >= 4 is 0 Å². The van der Waals surface area contributed by atoms with Gasteiger partial charge < -0.3 is 5.73 Å². The van der Waals surface area contributed by atoms with Crippen LogP contribution in [0.3, 0.4) is 0 Å². The van der Waals surface area contributed by atoms with Gasteiger partial charge in [0.25, 0.3) is 0 Å². The van der Waals surface area contributed by atoms with Gasteiger partial charge in [-0.15, -0.1) is 0 Å². The van der Waals surface area contributed by atoms with Crippen LogP contribution in [0.2, 0.25) is 0 Å². The molecule has 78 valence electrons. The summed E-state index contributed by atoms with van der Waals surface area (Å²) in [4.78, 5) is 3.10. The fourth-order valence-electron chi connectivity index (χ4n) is 0.894. The quantitative estimate of drug-likeness (QED) is 0.755. The monoisotopic (exact) mass is 208 g/mol. The molecule has 0 radical (unpaired) electrons. The molecule has 6 heteroatoms. The van der Waals surface area contributed by atoms with E-state index in [9.17, 15) is 17.6 Å². The van der Waals surface area contributed by atoms with E-state index in [-0.39, 0.29) is 12.1 Å². The topological polar surface area (TPSA) is 38.9 Å². The van der Waals surface area contributed by atoms with Gasteiger partial charge in [0.15, 0.2) is 0 Å². The molecule has 0 saturated heterocycles. The van der Waals surface area contributed by atoms with Crippen molar-refractivity contribution < 1.29 is 17.6 Å². The predicted molar refractivity (Wildman–Crippen MR) is 42.1 cm³/mol. The molecule has 2 nitrogen and oxygen atoms in total. The number of hydrogen-bond donors (Lipinski definition) is 1. The lowest BCUT2D eigenvalue weighted by molar-refractivity contribution is -0.141. The molecule has 1 unspecified atom stereocenters. The highest BCUT2D eigenvalue weighted by atomic mass is 19.4. The molecule has 1 aromatic rings. The van der Waals surface area contributed by atoms with E-state index >= 15 is 0 Å². The predicted octanol–water partition coefficient (Wildman–Crippen LogP) is 2.07. The zero-order chi connectivity index (χ0) is 10.8. The molecule has 1 heterocycles. The highest BCUT2D eigenvalue weighted by molar-refractivity contribution is 5.18. The van der Waals surface area contributed by atoms with Gasteiger partial charge in [-0.2, -0.15) is 13.2 Å². The van der Waals surface area contributed by atoms with Gasteiger partial charge in [0.05, 0.1) is 0 Å². The number of nitrogens with zero attached hydrogens (tertiary/aromatic N) is 1. The van der Waals surface area contributed by atoms with Crippen molar-refractivity contribution in [2.24, 2.45) is 5.73 Å². The first-order valence-corrected chi connectivity index (χ1v) is 3.82. The second-order valence-electron chi connectivity index (χ2n) is 2.68. The molecule has 1 rings (SSSR count). The first kappa shape index (κ1) is 10.9. The largest absolute Gasteiger partial charge is 0.433 e. The van der Waals surface area contributed by atoms with Crippen molar-refractivity contribution in [1.29, 1.82) is 0 Å². The molecule has 1 aromatic heterocycles. The van der Waals surface area contributed by atoms with Crippen LogP contribution in [0, 0.1) is 0 Å². The van der Waals surface area contributed by atoms with Crippen molar-refractivity contribution in [2.75, 3.05) is 6.54 Å². The van der Waals surface area contributed by atoms with Gasteiger partial charge in [0.2, 0.25) is 0 Å². The van der Waals surface area contributed by atoms with Crippen LogP contribution in [-0.2, 0) is 6.18 Å². The molecule has 14 heavy (non-hydrogen) atoms. The number of alkyl halides is 4. The normalized spacial score (nSPS) is 14.1. The minimum Gasteiger partial charge on any atom is -0.327 e. The molecule has 0 aliphatic rings. The summed E-state index contributed by atoms with van der Waals surface area (Å²) in [5.41, 5.74) is 4.02. The van der Waals surface area contributed by atoms with Crippen LogP contribution in [0.25, 0.3) is 0 Å². The van der Waals surface area contributed by atoms with Gasteiger partial charge in [0.1, 0.15) is 11.9 Å². The second kappa shape index (κ2) is 3.91. The van der Waals surface area contributed by atoms with Crippen LogP contribution in [0.4, 0.5) is 17.6 Å². The van der Waals surface area contributed by atoms with Crippen molar-refractivity contribution in [3.63, 3.8) is 0 Å². The van der Waals surface area contributed by atoms with Crippen LogP contribution in [0.5, 0.6) is 0 Å². The first-order valence-electron chi connectivity index (χ1n) is 3.82. The Morgan fingerprint density at radius 1 is 1.36 bits per heavy atom. The molecule has 0 amide bonds. The second-order valence-corrected chi connectivity index (χ2v) is 2.68. The van der Waals surface area contributed by atoms with Gasteiger partial charge in [-0.25, -0.2) is 4.39 Å². The van der Waals surface area contributed by atoms with E-state index in [2.05, 4.69) is 4.98 Å². The van der Waals surface area contributed by atoms with Crippen LogP contribution in [0.1, 0.15) is 17.4 Å². The fraction of sp³-hybridized carbons (Fsp3) is 0.375. The average Bonchev–Trinajstić information content (AvgIpc) is 2.15. The Morgan fingerprint density at radius 3 is 2.36 bits per heavy atom. The molecule has 0 aromatic carbocycles. The van der Waals surface area contributed by atoms with Crippen LogP contribution >= 0.6 is 0 Å². The van der Waals surface area contributed by atoms with E-state index in [1.807, 2.05) is 0 Å². The van der Waals surface area contributed by atoms with Crippen molar-refractivity contribution in [2.45, 2.75) is 12.3 Å². The van der Waals surface area contributed by atoms with Gasteiger partial charge in [-0.05, 0) is 6.07 Å². The van der Waals surface area contributed by atoms with E-state index in [0.29, 0.717) is 0 Å². The standard InChI is InChI=1S/C8H8F4N2/c9-6(3-13)5-1-2-7(14-4-5)8(10,11)12/h1-2,4,6H,3,13H2. The van der Waals surface area contributed by atoms with Crippen molar-refractivity contribution in [1.82, 2.24) is 4.98 Å². The molecule has 0 spiro atoms. The zero-order valence-corrected chi connectivity index (χ0v) is 7.05. The van der Waals surface area contributed by atoms with Gasteiger partial charge >= 0.3 is 6.18 Å². The molecule has 0 fully saturated rings. The highest BCUT2D eigenvalue weighted by Gasteiger charge is 2.32. The number of hydrogen-bond acceptors (Lipinski definition) is 2. The summed E-state index contributed by atoms with van der Waals surface area (Å²) in [7, 11) is 0. The highest BCUT2D eigenvalue weighted by Crippen LogP contribution is 2.28. The Morgan fingerprint density at radius 2 is 2.00 bits per heavy atom. The lowest BCUT2D eigenvalue weighted by atomic mass is 10.2. The zero-order valence-electron chi connectivity index (χ0n) is 7.05. The summed E-state index contributed by atoms with van der Waals surface area (Å²) >= 11 is 0. The molecular weight excluding hydrogens is 200 g/mol. The summed E-state index contributed by atoms with van der Waals surface area (Å²) in [5, 5.41) is 0. The Balaban J connectivity index is 2.89. The molecule has 0 bridgehead atoms. The van der Waals surface area contributed by atoms with Crippen LogP contribution in [-0.4, -0.2) is 11.5 Å². The number of rotatable bonds is 2. The molecular formula is C8H8F4N2. The van der Waals surface area contributed by atoms with E-state index in [0.717, 1.165) is 18.3 Å². The summed E-state index contributed by atoms with van der Waals surface area (Å²) in [5.74, 6) is 0. The Bertz CT molecular complexity index is 293. The van der Waals surface area contributed by atoms with Gasteiger partial charge in [-0.3, -0.25) is 4.98 Å². The number of aromatic nitrogens is 1. The summed E-state index contributed by atoms with van der Waals surface area (Å²) in [6.45, 7) is -0.271. The average molecular weight is 208 g/mol. The fourth-order valence-corrected chi connectivity index (χ4v) is 0.894.